The fourth-order valence-electron chi connectivity index (χ4n) is 3.95. The molecule has 0 spiro atoms. The van der Waals surface area contributed by atoms with Crippen molar-refractivity contribution >= 4 is 5.69 Å². The van der Waals surface area contributed by atoms with Crippen LogP contribution in [0.5, 0.6) is 0 Å². The summed E-state index contributed by atoms with van der Waals surface area (Å²) < 4.78 is 5.47. The van der Waals surface area contributed by atoms with Gasteiger partial charge in [-0.2, -0.15) is 5.26 Å². The van der Waals surface area contributed by atoms with Crippen LogP contribution in [-0.2, 0) is 24.4 Å². The summed E-state index contributed by atoms with van der Waals surface area (Å²) in [5.74, 6) is 0. The molecule has 2 aromatic carbocycles. The van der Waals surface area contributed by atoms with Crippen LogP contribution in [0.15, 0.2) is 42.5 Å². The highest BCUT2D eigenvalue weighted by atomic mass is 16.5. The molecule has 1 saturated heterocycles. The van der Waals surface area contributed by atoms with Crippen LogP contribution in [0.2, 0.25) is 0 Å². The number of aryl methyl sites for hydroxylation is 1. The number of nitrogens with one attached hydrogen (secondary N) is 1. The van der Waals surface area contributed by atoms with Crippen LogP contribution in [-0.4, -0.2) is 44.3 Å². The first-order chi connectivity index (χ1) is 14.7. The molecule has 5 heteroatoms. The molecule has 2 aromatic rings. The van der Waals surface area contributed by atoms with Crippen LogP contribution in [0.3, 0.4) is 0 Å². The molecular formula is C25H34N4O. The predicted molar refractivity (Wildman–Crippen MR) is 122 cm³/mol. The second-order valence-electron chi connectivity index (χ2n) is 7.86. The smallest absolute Gasteiger partial charge is 0.0640 e. The van der Waals surface area contributed by atoms with E-state index in [1.807, 2.05) is 0 Å². The largest absolute Gasteiger partial charge is 0.379 e. The van der Waals surface area contributed by atoms with Gasteiger partial charge in [0.05, 0.1) is 25.7 Å². The molecule has 30 heavy (non-hydrogen) atoms. The number of nitrogens with zero attached hydrogens (tertiary/aromatic N) is 3. The lowest BCUT2D eigenvalue weighted by Gasteiger charge is -2.27. The minimum atomic E-state index is 0.556. The number of benzene rings is 2. The summed E-state index contributed by atoms with van der Waals surface area (Å²) in [6.45, 7) is 12.4. The average molecular weight is 407 g/mol. The lowest BCUT2D eigenvalue weighted by Crippen LogP contribution is -2.36. The van der Waals surface area contributed by atoms with Gasteiger partial charge in [0.25, 0.3) is 0 Å². The Bertz CT molecular complexity index is 839. The van der Waals surface area contributed by atoms with E-state index in [1.165, 1.54) is 27.9 Å². The highest BCUT2D eigenvalue weighted by molar-refractivity contribution is 5.51. The predicted octanol–water partition coefficient (Wildman–Crippen LogP) is 3.86. The fraction of sp³-hybridized carbons (Fsp3) is 0.480. The Labute approximate surface area is 181 Å². The van der Waals surface area contributed by atoms with Gasteiger partial charge in [0.2, 0.25) is 0 Å². The van der Waals surface area contributed by atoms with Gasteiger partial charge >= 0.3 is 0 Å². The minimum Gasteiger partial charge on any atom is -0.379 e. The molecule has 5 nitrogen and oxygen atoms in total. The molecule has 1 N–H and O–H groups in total. The molecule has 0 radical (unpaired) electrons. The van der Waals surface area contributed by atoms with E-state index in [0.29, 0.717) is 6.42 Å². The van der Waals surface area contributed by atoms with E-state index in [2.05, 4.69) is 77.5 Å². The number of rotatable bonds is 10. The molecule has 1 aliphatic heterocycles. The van der Waals surface area contributed by atoms with Crippen LogP contribution in [0.1, 0.15) is 35.6 Å². The van der Waals surface area contributed by atoms with Crippen LogP contribution >= 0.6 is 0 Å². The third-order valence-electron chi connectivity index (χ3n) is 5.81. The maximum absolute atomic E-state index is 8.87. The third kappa shape index (κ3) is 6.30. The third-order valence-corrected chi connectivity index (χ3v) is 5.81. The Kier molecular flexibility index (Phi) is 8.70. The van der Waals surface area contributed by atoms with Gasteiger partial charge in [0.1, 0.15) is 0 Å². The van der Waals surface area contributed by atoms with E-state index in [-0.39, 0.29) is 0 Å². The topological polar surface area (TPSA) is 51.5 Å². The minimum absolute atomic E-state index is 0.556. The highest BCUT2D eigenvalue weighted by Crippen LogP contribution is 2.20. The van der Waals surface area contributed by atoms with Crippen molar-refractivity contribution in [1.82, 2.24) is 10.2 Å². The van der Waals surface area contributed by atoms with Crippen molar-refractivity contribution in [3.05, 3.63) is 64.7 Å². The summed E-state index contributed by atoms with van der Waals surface area (Å²) in [6.07, 6.45) is 0.556. The van der Waals surface area contributed by atoms with E-state index in [0.717, 1.165) is 59.0 Å². The highest BCUT2D eigenvalue weighted by Gasteiger charge is 2.13. The maximum atomic E-state index is 8.87. The summed E-state index contributed by atoms with van der Waals surface area (Å²) in [5, 5.41) is 12.5. The van der Waals surface area contributed by atoms with Gasteiger partial charge in [-0.3, -0.25) is 4.90 Å². The molecule has 1 heterocycles. The molecule has 160 valence electrons. The standard InChI is InChI=1S/C25H34N4O/c1-3-29(12-6-11-26)25-10-9-22(21(2)17-25)18-27-19-23-7-4-5-8-24(23)20-28-13-15-30-16-14-28/h4-5,7-10,17,27H,3,6,12-16,18-20H2,1-2H3. The van der Waals surface area contributed by atoms with Gasteiger partial charge in [-0.05, 0) is 48.2 Å². The van der Waals surface area contributed by atoms with Crippen molar-refractivity contribution in [2.45, 2.75) is 39.9 Å². The van der Waals surface area contributed by atoms with Crippen LogP contribution < -0.4 is 10.2 Å². The van der Waals surface area contributed by atoms with E-state index >= 15 is 0 Å². The lowest BCUT2D eigenvalue weighted by atomic mass is 10.1. The normalized spacial score (nSPS) is 14.4. The van der Waals surface area contributed by atoms with E-state index in [9.17, 15) is 0 Å². The summed E-state index contributed by atoms with van der Waals surface area (Å²) >= 11 is 0. The molecule has 0 saturated carbocycles. The molecule has 0 aromatic heterocycles. The van der Waals surface area contributed by atoms with Crippen molar-refractivity contribution < 1.29 is 4.74 Å². The van der Waals surface area contributed by atoms with Crippen molar-refractivity contribution in [1.29, 1.82) is 5.26 Å². The second-order valence-corrected chi connectivity index (χ2v) is 7.86. The first-order valence-corrected chi connectivity index (χ1v) is 11.0. The lowest BCUT2D eigenvalue weighted by molar-refractivity contribution is 0.0340. The molecular weight excluding hydrogens is 372 g/mol. The maximum Gasteiger partial charge on any atom is 0.0640 e. The number of nitriles is 1. The Morgan fingerprint density at radius 2 is 1.80 bits per heavy atom. The number of hydrogen-bond acceptors (Lipinski definition) is 5. The van der Waals surface area contributed by atoms with Crippen molar-refractivity contribution in [3.63, 3.8) is 0 Å². The van der Waals surface area contributed by atoms with Crippen LogP contribution in [0, 0.1) is 18.3 Å². The molecule has 0 unspecified atom stereocenters. The molecule has 1 fully saturated rings. The number of ether oxygens (including phenoxy) is 1. The Balaban J connectivity index is 1.57. The second kappa shape index (κ2) is 11.7. The van der Waals surface area contributed by atoms with Gasteiger partial charge < -0.3 is 15.0 Å². The molecule has 0 atom stereocenters. The van der Waals surface area contributed by atoms with Gasteiger partial charge in [0, 0.05) is 51.5 Å². The number of morpholine rings is 1. The molecule has 0 aliphatic carbocycles. The first-order valence-electron chi connectivity index (χ1n) is 11.0. The van der Waals surface area contributed by atoms with Gasteiger partial charge in [-0.15, -0.1) is 0 Å². The number of hydrogen-bond donors (Lipinski definition) is 1. The monoisotopic (exact) mass is 406 g/mol. The summed E-state index contributed by atoms with van der Waals surface area (Å²) in [6, 6.07) is 17.6. The number of anilines is 1. The first kappa shape index (κ1) is 22.3. The Morgan fingerprint density at radius 1 is 1.07 bits per heavy atom. The van der Waals surface area contributed by atoms with Gasteiger partial charge in [0.15, 0.2) is 0 Å². The zero-order valence-electron chi connectivity index (χ0n) is 18.4. The van der Waals surface area contributed by atoms with Crippen LogP contribution in [0.25, 0.3) is 0 Å². The van der Waals surface area contributed by atoms with Crippen molar-refractivity contribution in [3.8, 4) is 6.07 Å². The zero-order valence-corrected chi connectivity index (χ0v) is 18.4. The van der Waals surface area contributed by atoms with Crippen LogP contribution in [0.4, 0.5) is 5.69 Å². The van der Waals surface area contributed by atoms with Crippen molar-refractivity contribution in [2.24, 2.45) is 0 Å². The molecule has 3 rings (SSSR count). The van der Waals surface area contributed by atoms with Crippen molar-refractivity contribution in [2.75, 3.05) is 44.3 Å². The zero-order chi connectivity index (χ0) is 21.2. The summed E-state index contributed by atoms with van der Waals surface area (Å²) in [7, 11) is 0. The molecule has 1 aliphatic rings. The summed E-state index contributed by atoms with van der Waals surface area (Å²) in [4.78, 5) is 4.73. The van der Waals surface area contributed by atoms with Gasteiger partial charge in [-0.1, -0.05) is 30.3 Å². The molecule has 0 amide bonds. The molecule has 0 bridgehead atoms. The van der Waals surface area contributed by atoms with E-state index in [4.69, 9.17) is 10.00 Å². The quantitative estimate of drug-likeness (QED) is 0.649. The van der Waals surface area contributed by atoms with E-state index < -0.39 is 0 Å². The SMILES string of the molecule is CCN(CCC#N)c1ccc(CNCc2ccccc2CN2CCOCC2)c(C)c1. The summed E-state index contributed by atoms with van der Waals surface area (Å²) in [5.41, 5.74) is 6.57. The Morgan fingerprint density at radius 3 is 2.50 bits per heavy atom. The average Bonchev–Trinajstić information content (AvgIpc) is 2.77. The Hall–Kier alpha value is -2.39. The van der Waals surface area contributed by atoms with Gasteiger partial charge in [-0.25, -0.2) is 0 Å². The van der Waals surface area contributed by atoms with E-state index in [1.54, 1.807) is 0 Å². The fourth-order valence-corrected chi connectivity index (χ4v) is 3.95.